The average molecular weight is 263 g/mol. The van der Waals surface area contributed by atoms with Gasteiger partial charge in [-0.05, 0) is 31.5 Å². The van der Waals surface area contributed by atoms with E-state index in [1.165, 1.54) is 13.0 Å². The van der Waals surface area contributed by atoms with E-state index in [1.54, 1.807) is 13.0 Å². The van der Waals surface area contributed by atoms with Crippen molar-refractivity contribution in [1.29, 1.82) is 0 Å². The number of aryl methyl sites for hydroxylation is 1. The fourth-order valence-corrected chi connectivity index (χ4v) is 3.13. The van der Waals surface area contributed by atoms with Crippen molar-refractivity contribution < 1.29 is 13.6 Å². The van der Waals surface area contributed by atoms with E-state index in [-0.39, 0.29) is 4.90 Å². The minimum absolute atomic E-state index is 0.0370. The summed E-state index contributed by atoms with van der Waals surface area (Å²) in [7, 11) is -3.84. The molecule has 0 radical (unpaired) electrons. The maximum absolute atomic E-state index is 11.9. The van der Waals surface area contributed by atoms with Crippen molar-refractivity contribution in [1.82, 2.24) is 4.47 Å². The molecule has 1 aromatic rings. The molecular formula is C9H11ClN2O3S. The molecule has 5 nitrogen and oxygen atoms in total. The molecule has 1 unspecified atom stereocenters. The summed E-state index contributed by atoms with van der Waals surface area (Å²) in [5, 5.41) is 12.8. The number of anilines is 1. The summed E-state index contributed by atoms with van der Waals surface area (Å²) in [6.45, 7) is 3.24. The third-order valence-electron chi connectivity index (χ3n) is 2.48. The summed E-state index contributed by atoms with van der Waals surface area (Å²) < 4.78 is 24.0. The Morgan fingerprint density at radius 1 is 1.50 bits per heavy atom. The molecule has 0 aromatic heterocycles. The minimum Gasteiger partial charge on any atom is -0.366 e. The second-order valence-corrected chi connectivity index (χ2v) is 5.87. The lowest BCUT2D eigenvalue weighted by Crippen LogP contribution is -2.44. The van der Waals surface area contributed by atoms with Gasteiger partial charge in [0, 0.05) is 5.02 Å². The van der Waals surface area contributed by atoms with Gasteiger partial charge in [-0.3, -0.25) is 5.21 Å². The second kappa shape index (κ2) is 3.59. The number of benzene rings is 1. The molecule has 1 aromatic carbocycles. The number of rotatable bonds is 0. The van der Waals surface area contributed by atoms with E-state index in [0.717, 1.165) is 0 Å². The summed E-state index contributed by atoms with van der Waals surface area (Å²) in [4.78, 5) is 0.0370. The first-order valence-electron chi connectivity index (χ1n) is 4.64. The molecule has 88 valence electrons. The van der Waals surface area contributed by atoms with Crippen molar-refractivity contribution in [3.05, 3.63) is 22.7 Å². The molecule has 0 aliphatic carbocycles. The van der Waals surface area contributed by atoms with Crippen molar-refractivity contribution in [3.8, 4) is 0 Å². The van der Waals surface area contributed by atoms with Crippen LogP contribution in [-0.2, 0) is 10.0 Å². The fourth-order valence-electron chi connectivity index (χ4n) is 1.57. The standard InChI is InChI=1S/C9H11ClN2O3S/c1-5-3-9-8(4-7(5)10)11-6(2)12(13)16(9,14)15/h3-4,6,11,13H,1-2H3. The van der Waals surface area contributed by atoms with Gasteiger partial charge in [-0.25, -0.2) is 8.42 Å². The molecule has 0 spiro atoms. The molecule has 0 saturated carbocycles. The fraction of sp³-hybridized carbons (Fsp3) is 0.333. The van der Waals surface area contributed by atoms with E-state index < -0.39 is 16.2 Å². The Morgan fingerprint density at radius 3 is 2.75 bits per heavy atom. The maximum Gasteiger partial charge on any atom is 0.268 e. The van der Waals surface area contributed by atoms with Gasteiger partial charge >= 0.3 is 0 Å². The first-order chi connectivity index (χ1) is 7.34. The van der Waals surface area contributed by atoms with Crippen LogP contribution >= 0.6 is 11.6 Å². The normalized spacial score (nSPS) is 23.6. The summed E-state index contributed by atoms with van der Waals surface area (Å²) in [5.74, 6) is 0. The smallest absolute Gasteiger partial charge is 0.268 e. The molecule has 2 rings (SSSR count). The van der Waals surface area contributed by atoms with Crippen LogP contribution in [0.25, 0.3) is 0 Å². The van der Waals surface area contributed by atoms with Crippen molar-refractivity contribution in [2.75, 3.05) is 5.32 Å². The first kappa shape index (κ1) is 11.7. The van der Waals surface area contributed by atoms with Gasteiger partial charge in [-0.2, -0.15) is 0 Å². The number of sulfonamides is 1. The summed E-state index contributed by atoms with van der Waals surface area (Å²) in [6.07, 6.45) is -0.712. The Bertz CT molecular complexity index is 544. The number of hydroxylamine groups is 1. The van der Waals surface area contributed by atoms with Crippen LogP contribution < -0.4 is 5.32 Å². The predicted molar refractivity (Wildman–Crippen MR) is 60.1 cm³/mol. The Kier molecular flexibility index (Phi) is 2.62. The Balaban J connectivity index is 2.71. The minimum atomic E-state index is -3.84. The summed E-state index contributed by atoms with van der Waals surface area (Å²) in [6, 6.07) is 2.99. The van der Waals surface area contributed by atoms with Gasteiger partial charge in [0.25, 0.3) is 10.0 Å². The van der Waals surface area contributed by atoms with Crippen LogP contribution in [0.2, 0.25) is 5.02 Å². The van der Waals surface area contributed by atoms with Crippen LogP contribution in [-0.4, -0.2) is 24.3 Å². The van der Waals surface area contributed by atoms with Gasteiger partial charge < -0.3 is 5.32 Å². The molecule has 0 amide bonds. The lowest BCUT2D eigenvalue weighted by Gasteiger charge is -2.30. The van der Waals surface area contributed by atoms with Crippen LogP contribution in [0, 0.1) is 6.92 Å². The average Bonchev–Trinajstić information content (AvgIpc) is 2.19. The number of fused-ring (bicyclic) bond motifs is 1. The topological polar surface area (TPSA) is 69.6 Å². The van der Waals surface area contributed by atoms with Crippen LogP contribution in [0.15, 0.2) is 17.0 Å². The van der Waals surface area contributed by atoms with E-state index in [9.17, 15) is 13.6 Å². The molecule has 7 heteroatoms. The molecule has 2 N–H and O–H groups in total. The number of halogens is 1. The second-order valence-electron chi connectivity index (χ2n) is 3.70. The van der Waals surface area contributed by atoms with Gasteiger partial charge in [0.1, 0.15) is 11.1 Å². The zero-order valence-electron chi connectivity index (χ0n) is 8.73. The van der Waals surface area contributed by atoms with E-state index in [0.29, 0.717) is 20.7 Å². The largest absolute Gasteiger partial charge is 0.366 e. The van der Waals surface area contributed by atoms with Gasteiger partial charge in [-0.1, -0.05) is 16.1 Å². The van der Waals surface area contributed by atoms with E-state index >= 15 is 0 Å². The molecule has 1 atom stereocenters. The number of hydrogen-bond acceptors (Lipinski definition) is 4. The van der Waals surface area contributed by atoms with E-state index in [2.05, 4.69) is 5.32 Å². The molecule has 1 aliphatic heterocycles. The highest BCUT2D eigenvalue weighted by Crippen LogP contribution is 2.34. The zero-order valence-corrected chi connectivity index (χ0v) is 10.3. The molecule has 0 bridgehead atoms. The van der Waals surface area contributed by atoms with Crippen LogP contribution in [0.1, 0.15) is 12.5 Å². The predicted octanol–water partition coefficient (Wildman–Crippen LogP) is 1.80. The van der Waals surface area contributed by atoms with E-state index in [4.69, 9.17) is 11.6 Å². The monoisotopic (exact) mass is 262 g/mol. The maximum atomic E-state index is 11.9. The quantitative estimate of drug-likeness (QED) is 0.748. The van der Waals surface area contributed by atoms with Crippen molar-refractivity contribution in [2.24, 2.45) is 0 Å². The lowest BCUT2D eigenvalue weighted by atomic mass is 10.2. The zero-order chi connectivity index (χ0) is 12.1. The van der Waals surface area contributed by atoms with Crippen molar-refractivity contribution in [3.63, 3.8) is 0 Å². The van der Waals surface area contributed by atoms with E-state index in [1.807, 2.05) is 0 Å². The molecule has 1 heterocycles. The summed E-state index contributed by atoms with van der Waals surface area (Å²) in [5.41, 5.74) is 1.06. The van der Waals surface area contributed by atoms with Gasteiger partial charge in [-0.15, -0.1) is 0 Å². The molecule has 0 saturated heterocycles. The highest BCUT2D eigenvalue weighted by Gasteiger charge is 2.35. The van der Waals surface area contributed by atoms with Crippen LogP contribution in [0.5, 0.6) is 0 Å². The molecular weight excluding hydrogens is 252 g/mol. The first-order valence-corrected chi connectivity index (χ1v) is 6.46. The molecule has 16 heavy (non-hydrogen) atoms. The Morgan fingerprint density at radius 2 is 2.12 bits per heavy atom. The highest BCUT2D eigenvalue weighted by molar-refractivity contribution is 7.89. The van der Waals surface area contributed by atoms with Crippen LogP contribution in [0.4, 0.5) is 5.69 Å². The third-order valence-corrected chi connectivity index (χ3v) is 4.59. The van der Waals surface area contributed by atoms with Crippen molar-refractivity contribution >= 4 is 27.3 Å². The van der Waals surface area contributed by atoms with Gasteiger partial charge in [0.2, 0.25) is 0 Å². The molecule has 1 aliphatic rings. The highest BCUT2D eigenvalue weighted by atomic mass is 35.5. The van der Waals surface area contributed by atoms with Gasteiger partial charge in [0.15, 0.2) is 0 Å². The number of nitrogens with one attached hydrogen (secondary N) is 1. The lowest BCUT2D eigenvalue weighted by molar-refractivity contribution is -0.0231. The SMILES string of the molecule is Cc1cc2c(cc1Cl)NC(C)N(O)S2(=O)=O. The number of hydrogen-bond donors (Lipinski definition) is 2. The Labute approximate surface area is 98.6 Å². The van der Waals surface area contributed by atoms with Crippen LogP contribution in [0.3, 0.4) is 0 Å². The number of nitrogens with zero attached hydrogens (tertiary/aromatic N) is 1. The Hall–Kier alpha value is -0.820. The van der Waals surface area contributed by atoms with Crippen molar-refractivity contribution in [2.45, 2.75) is 24.9 Å². The third kappa shape index (κ3) is 1.58. The van der Waals surface area contributed by atoms with Gasteiger partial charge in [0.05, 0.1) is 5.69 Å². The summed E-state index contributed by atoms with van der Waals surface area (Å²) >= 11 is 5.91. The molecule has 0 fully saturated rings.